The van der Waals surface area contributed by atoms with Crippen molar-refractivity contribution in [3.05, 3.63) is 35.4 Å². The third kappa shape index (κ3) is 3.57. The summed E-state index contributed by atoms with van der Waals surface area (Å²) in [6.07, 6.45) is 0. The van der Waals surface area contributed by atoms with Crippen molar-refractivity contribution < 1.29 is 9.59 Å². The second-order valence-corrected chi connectivity index (χ2v) is 6.44. The summed E-state index contributed by atoms with van der Waals surface area (Å²) in [7, 11) is 1.47. The molecule has 116 valence electrons. The minimum Gasteiger partial charge on any atom is -0.341 e. The van der Waals surface area contributed by atoms with Crippen molar-refractivity contribution >= 4 is 34.6 Å². The van der Waals surface area contributed by atoms with Gasteiger partial charge in [-0.25, -0.2) is 9.78 Å². The van der Waals surface area contributed by atoms with Crippen molar-refractivity contribution in [1.29, 1.82) is 0 Å². The average molecular weight is 317 g/mol. The summed E-state index contributed by atoms with van der Waals surface area (Å²) in [5.74, 6) is -0.339. The van der Waals surface area contributed by atoms with Crippen molar-refractivity contribution in [1.82, 2.24) is 15.6 Å². The fourth-order valence-corrected chi connectivity index (χ4v) is 3.02. The maximum atomic E-state index is 11.9. The van der Waals surface area contributed by atoms with E-state index >= 15 is 0 Å². The molecule has 0 aliphatic rings. The molecule has 0 fully saturated rings. The summed E-state index contributed by atoms with van der Waals surface area (Å²) in [4.78, 5) is 27.7. The second kappa shape index (κ2) is 6.79. The Hall–Kier alpha value is -2.08. The largest absolute Gasteiger partial charge is 0.341 e. The van der Waals surface area contributed by atoms with Crippen LogP contribution in [0.25, 0.3) is 10.9 Å². The van der Waals surface area contributed by atoms with Crippen LogP contribution < -0.4 is 10.6 Å². The van der Waals surface area contributed by atoms with E-state index in [4.69, 9.17) is 0 Å². The number of para-hydroxylation sites is 1. The number of urea groups is 1. The van der Waals surface area contributed by atoms with Crippen molar-refractivity contribution in [3.8, 4) is 0 Å². The van der Waals surface area contributed by atoms with Gasteiger partial charge in [0.05, 0.1) is 15.8 Å². The Bertz CT molecular complexity index is 731. The Morgan fingerprint density at radius 2 is 1.95 bits per heavy atom. The predicted molar refractivity (Wildman–Crippen MR) is 89.1 cm³/mol. The number of hydrogen-bond acceptors (Lipinski definition) is 4. The molecule has 1 unspecified atom stereocenters. The normalized spacial score (nSPS) is 12.0. The zero-order chi connectivity index (χ0) is 16.3. The lowest BCUT2D eigenvalue weighted by molar-refractivity contribution is -0.119. The third-order valence-corrected chi connectivity index (χ3v) is 4.37. The second-order valence-electron chi connectivity index (χ2n) is 5.08. The van der Waals surface area contributed by atoms with E-state index in [2.05, 4.69) is 15.6 Å². The van der Waals surface area contributed by atoms with E-state index < -0.39 is 11.3 Å². The highest BCUT2D eigenvalue weighted by atomic mass is 32.2. The van der Waals surface area contributed by atoms with Gasteiger partial charge < -0.3 is 5.32 Å². The molecule has 2 N–H and O–H groups in total. The minimum absolute atomic E-state index is 0.339. The molecule has 5 nitrogen and oxygen atoms in total. The number of fused-ring (bicyclic) bond motifs is 1. The van der Waals surface area contributed by atoms with Crippen LogP contribution in [0.15, 0.2) is 29.3 Å². The number of rotatable bonds is 3. The van der Waals surface area contributed by atoms with E-state index in [1.807, 2.05) is 38.1 Å². The molecule has 1 aromatic heterocycles. The summed E-state index contributed by atoms with van der Waals surface area (Å²) < 4.78 is 0. The summed E-state index contributed by atoms with van der Waals surface area (Å²) >= 11 is 1.34. The smallest absolute Gasteiger partial charge is 0.321 e. The Kier molecular flexibility index (Phi) is 5.03. The van der Waals surface area contributed by atoms with Gasteiger partial charge in [-0.1, -0.05) is 30.0 Å². The molecule has 0 saturated heterocycles. The van der Waals surface area contributed by atoms with Crippen molar-refractivity contribution in [2.24, 2.45) is 0 Å². The van der Waals surface area contributed by atoms with Gasteiger partial charge in [0.1, 0.15) is 0 Å². The van der Waals surface area contributed by atoms with Crippen LogP contribution in [0.5, 0.6) is 0 Å². The van der Waals surface area contributed by atoms with Crippen molar-refractivity contribution in [2.45, 2.75) is 31.0 Å². The Balaban J connectivity index is 2.23. The van der Waals surface area contributed by atoms with E-state index in [0.717, 1.165) is 27.1 Å². The Labute approximate surface area is 133 Å². The molecule has 0 spiro atoms. The molecule has 22 heavy (non-hydrogen) atoms. The van der Waals surface area contributed by atoms with Gasteiger partial charge in [0, 0.05) is 12.4 Å². The number of amides is 3. The molecule has 2 rings (SSSR count). The highest BCUT2D eigenvalue weighted by Gasteiger charge is 2.18. The fourth-order valence-electron chi connectivity index (χ4n) is 2.10. The van der Waals surface area contributed by atoms with E-state index in [1.54, 1.807) is 6.92 Å². The average Bonchev–Trinajstić information content (AvgIpc) is 2.48. The van der Waals surface area contributed by atoms with Crippen LogP contribution in [0.3, 0.4) is 0 Å². The first kappa shape index (κ1) is 16.3. The molecule has 0 saturated carbocycles. The number of carbonyl (C=O) groups is 2. The maximum Gasteiger partial charge on any atom is 0.321 e. The fraction of sp³-hybridized carbons (Fsp3) is 0.312. The van der Waals surface area contributed by atoms with Crippen LogP contribution >= 0.6 is 11.8 Å². The number of pyridine rings is 1. The van der Waals surface area contributed by atoms with Crippen LogP contribution in [-0.2, 0) is 4.79 Å². The van der Waals surface area contributed by atoms with E-state index in [1.165, 1.54) is 18.8 Å². The number of carbonyl (C=O) groups excluding carboxylic acids is 2. The lowest BCUT2D eigenvalue weighted by Crippen LogP contribution is -2.41. The number of thioether (sulfide) groups is 1. The Morgan fingerprint density at radius 3 is 2.64 bits per heavy atom. The highest BCUT2D eigenvalue weighted by Crippen LogP contribution is 2.28. The minimum atomic E-state index is -0.504. The van der Waals surface area contributed by atoms with Gasteiger partial charge in [0.2, 0.25) is 5.91 Å². The van der Waals surface area contributed by atoms with Gasteiger partial charge in [-0.15, -0.1) is 0 Å². The van der Waals surface area contributed by atoms with E-state index in [9.17, 15) is 9.59 Å². The number of aryl methyl sites for hydroxylation is 2. The molecule has 0 aliphatic heterocycles. The van der Waals surface area contributed by atoms with E-state index in [-0.39, 0.29) is 5.91 Å². The van der Waals surface area contributed by atoms with Crippen LogP contribution in [-0.4, -0.2) is 29.2 Å². The first-order chi connectivity index (χ1) is 10.4. The zero-order valence-electron chi connectivity index (χ0n) is 13.1. The summed E-state index contributed by atoms with van der Waals surface area (Å²) in [5, 5.41) is 6.12. The first-order valence-electron chi connectivity index (χ1n) is 6.98. The molecule has 0 radical (unpaired) electrons. The summed E-state index contributed by atoms with van der Waals surface area (Å²) in [5.41, 5.74) is 3.17. The summed E-state index contributed by atoms with van der Waals surface area (Å²) in [6, 6.07) is 7.54. The predicted octanol–water partition coefficient (Wildman–Crippen LogP) is 2.79. The number of nitrogens with zero attached hydrogens (tertiary/aromatic N) is 1. The Morgan fingerprint density at radius 1 is 1.23 bits per heavy atom. The number of aromatic nitrogens is 1. The van der Waals surface area contributed by atoms with E-state index in [0.29, 0.717) is 0 Å². The maximum absolute atomic E-state index is 11.9. The lowest BCUT2D eigenvalue weighted by atomic mass is 10.1. The molecule has 6 heteroatoms. The van der Waals surface area contributed by atoms with Gasteiger partial charge in [-0.2, -0.15) is 0 Å². The first-order valence-corrected chi connectivity index (χ1v) is 7.86. The van der Waals surface area contributed by atoms with Gasteiger partial charge in [-0.3, -0.25) is 10.1 Å². The SMILES string of the molecule is CNC(=O)NC(=O)C(C)Sc1cc(C)c2cccc(C)c2n1. The number of nitrogens with one attached hydrogen (secondary N) is 2. The lowest BCUT2D eigenvalue weighted by Gasteiger charge is -2.12. The van der Waals surface area contributed by atoms with Crippen LogP contribution in [0.2, 0.25) is 0 Å². The standard InChI is InChI=1S/C16H19N3O2S/c1-9-6-5-7-12-10(2)8-13(18-14(9)12)22-11(3)15(20)19-16(21)17-4/h5-8,11H,1-4H3,(H2,17,19,20,21). The molecular formula is C16H19N3O2S. The van der Waals surface area contributed by atoms with Gasteiger partial charge in [-0.05, 0) is 38.0 Å². The topological polar surface area (TPSA) is 71.1 Å². The van der Waals surface area contributed by atoms with Gasteiger partial charge in [0.15, 0.2) is 0 Å². The molecule has 0 bridgehead atoms. The zero-order valence-corrected chi connectivity index (χ0v) is 13.9. The molecular weight excluding hydrogens is 298 g/mol. The van der Waals surface area contributed by atoms with Gasteiger partial charge in [0.25, 0.3) is 0 Å². The van der Waals surface area contributed by atoms with Crippen molar-refractivity contribution in [3.63, 3.8) is 0 Å². The third-order valence-electron chi connectivity index (χ3n) is 3.36. The van der Waals surface area contributed by atoms with Crippen LogP contribution in [0.4, 0.5) is 4.79 Å². The molecule has 2 aromatic rings. The molecule has 1 atom stereocenters. The van der Waals surface area contributed by atoms with Gasteiger partial charge >= 0.3 is 6.03 Å². The number of hydrogen-bond donors (Lipinski definition) is 2. The van der Waals surface area contributed by atoms with Crippen LogP contribution in [0, 0.1) is 13.8 Å². The monoisotopic (exact) mass is 317 g/mol. The molecule has 1 heterocycles. The quantitative estimate of drug-likeness (QED) is 0.854. The summed E-state index contributed by atoms with van der Waals surface area (Å²) in [6.45, 7) is 5.80. The highest BCUT2D eigenvalue weighted by molar-refractivity contribution is 8.00. The number of imide groups is 1. The van der Waals surface area contributed by atoms with Crippen LogP contribution in [0.1, 0.15) is 18.1 Å². The number of benzene rings is 1. The molecule has 0 aliphatic carbocycles. The molecule has 3 amide bonds. The van der Waals surface area contributed by atoms with Crippen molar-refractivity contribution in [2.75, 3.05) is 7.05 Å². The molecule has 1 aromatic carbocycles.